The summed E-state index contributed by atoms with van der Waals surface area (Å²) < 4.78 is 15.9. The van der Waals surface area contributed by atoms with Crippen molar-refractivity contribution in [1.82, 2.24) is 5.32 Å². The number of esters is 1. The largest absolute Gasteiger partial charge is 0.493 e. The number of ether oxygens (including phenoxy) is 3. The van der Waals surface area contributed by atoms with Gasteiger partial charge in [-0.1, -0.05) is 29.8 Å². The lowest BCUT2D eigenvalue weighted by atomic mass is 10.1. The molecule has 188 valence electrons. The molecule has 0 bridgehead atoms. The smallest absolute Gasteiger partial charge is 0.337 e. The van der Waals surface area contributed by atoms with Gasteiger partial charge in [0.1, 0.15) is 12.2 Å². The minimum atomic E-state index is -0.902. The van der Waals surface area contributed by atoms with E-state index in [2.05, 4.69) is 10.1 Å². The number of carbonyl (C=O) groups is 4. The van der Waals surface area contributed by atoms with E-state index in [9.17, 15) is 19.2 Å². The van der Waals surface area contributed by atoms with Crippen molar-refractivity contribution < 1.29 is 33.4 Å². The second-order valence-electron chi connectivity index (χ2n) is 7.83. The van der Waals surface area contributed by atoms with E-state index in [4.69, 9.17) is 21.1 Å². The number of nitrogens with zero attached hydrogens (tertiary/aromatic N) is 1. The van der Waals surface area contributed by atoms with Crippen molar-refractivity contribution in [2.24, 2.45) is 0 Å². The van der Waals surface area contributed by atoms with Crippen LogP contribution in [0.1, 0.15) is 21.5 Å². The molecule has 0 aromatic heterocycles. The zero-order chi connectivity index (χ0) is 26.5. The van der Waals surface area contributed by atoms with Crippen molar-refractivity contribution >= 4 is 47.2 Å². The molecule has 3 aromatic carbocycles. The maximum atomic E-state index is 13.2. The lowest BCUT2D eigenvalue weighted by Crippen LogP contribution is -2.54. The van der Waals surface area contributed by atoms with Gasteiger partial charge in [0.05, 0.1) is 25.5 Å². The summed E-state index contributed by atoms with van der Waals surface area (Å²) in [7, 11) is 2.71. The fraction of sp³-hybridized carbons (Fsp3) is 0.111. The Morgan fingerprint density at radius 3 is 2.41 bits per heavy atom. The molecule has 1 fully saturated rings. The van der Waals surface area contributed by atoms with Crippen LogP contribution in [0.15, 0.2) is 72.3 Å². The lowest BCUT2D eigenvalue weighted by Gasteiger charge is -2.26. The van der Waals surface area contributed by atoms with Crippen molar-refractivity contribution in [3.05, 3.63) is 94.0 Å². The fourth-order valence-corrected chi connectivity index (χ4v) is 3.82. The van der Waals surface area contributed by atoms with Crippen molar-refractivity contribution in [2.75, 3.05) is 19.1 Å². The maximum absolute atomic E-state index is 13.2. The van der Waals surface area contributed by atoms with Crippen LogP contribution in [-0.4, -0.2) is 38.0 Å². The highest BCUT2D eigenvalue weighted by molar-refractivity contribution is 6.39. The monoisotopic (exact) mass is 520 g/mol. The van der Waals surface area contributed by atoms with E-state index in [1.807, 2.05) is 12.1 Å². The van der Waals surface area contributed by atoms with Gasteiger partial charge in [0.15, 0.2) is 11.5 Å². The number of imide groups is 2. The summed E-state index contributed by atoms with van der Waals surface area (Å²) >= 11 is 6.02. The third kappa shape index (κ3) is 5.62. The maximum Gasteiger partial charge on any atom is 0.337 e. The Balaban J connectivity index is 1.58. The van der Waals surface area contributed by atoms with Gasteiger partial charge in [0.25, 0.3) is 11.8 Å². The van der Waals surface area contributed by atoms with Gasteiger partial charge in [0, 0.05) is 5.02 Å². The van der Waals surface area contributed by atoms with Gasteiger partial charge in [-0.15, -0.1) is 0 Å². The van der Waals surface area contributed by atoms with Crippen molar-refractivity contribution in [2.45, 2.75) is 6.61 Å². The van der Waals surface area contributed by atoms with Gasteiger partial charge in [-0.2, -0.15) is 0 Å². The number of hydrogen-bond acceptors (Lipinski definition) is 7. The van der Waals surface area contributed by atoms with Crippen LogP contribution in [0.25, 0.3) is 6.08 Å². The Morgan fingerprint density at radius 1 is 0.973 bits per heavy atom. The number of rotatable bonds is 7. The van der Waals surface area contributed by atoms with Crippen molar-refractivity contribution in [3.8, 4) is 11.5 Å². The number of benzene rings is 3. The van der Waals surface area contributed by atoms with E-state index < -0.39 is 23.8 Å². The zero-order valence-corrected chi connectivity index (χ0v) is 20.6. The van der Waals surface area contributed by atoms with E-state index in [1.165, 1.54) is 44.6 Å². The molecule has 9 nitrogen and oxygen atoms in total. The summed E-state index contributed by atoms with van der Waals surface area (Å²) in [5.41, 5.74) is 1.50. The summed E-state index contributed by atoms with van der Waals surface area (Å²) in [6.45, 7) is 0.254. The van der Waals surface area contributed by atoms with Crippen LogP contribution < -0.4 is 19.7 Å². The molecule has 0 saturated carbocycles. The average molecular weight is 521 g/mol. The highest BCUT2D eigenvalue weighted by atomic mass is 35.5. The van der Waals surface area contributed by atoms with Gasteiger partial charge >= 0.3 is 12.0 Å². The van der Waals surface area contributed by atoms with E-state index in [1.54, 1.807) is 30.3 Å². The number of nitrogens with one attached hydrogen (secondary N) is 1. The summed E-state index contributed by atoms with van der Waals surface area (Å²) in [6, 6.07) is 16.9. The predicted molar refractivity (Wildman–Crippen MR) is 136 cm³/mol. The van der Waals surface area contributed by atoms with Gasteiger partial charge in [-0.3, -0.25) is 14.9 Å². The normalized spacial score (nSPS) is 14.4. The topological polar surface area (TPSA) is 111 Å². The Labute approximate surface area is 217 Å². The first-order chi connectivity index (χ1) is 17.8. The molecule has 37 heavy (non-hydrogen) atoms. The lowest BCUT2D eigenvalue weighted by molar-refractivity contribution is -0.122. The highest BCUT2D eigenvalue weighted by Gasteiger charge is 2.36. The van der Waals surface area contributed by atoms with Crippen LogP contribution in [0.4, 0.5) is 10.5 Å². The third-order valence-corrected chi connectivity index (χ3v) is 5.67. The number of halogens is 1. The van der Waals surface area contributed by atoms with Gasteiger partial charge in [-0.05, 0) is 65.7 Å². The molecule has 1 N–H and O–H groups in total. The summed E-state index contributed by atoms with van der Waals surface area (Å²) in [6.07, 6.45) is 1.35. The molecule has 0 radical (unpaired) electrons. The predicted octanol–water partition coefficient (Wildman–Crippen LogP) is 4.38. The molecule has 0 atom stereocenters. The zero-order valence-electron chi connectivity index (χ0n) is 19.8. The first-order valence-corrected chi connectivity index (χ1v) is 11.3. The van der Waals surface area contributed by atoms with Crippen LogP contribution in [0, 0.1) is 0 Å². The number of urea groups is 1. The molecule has 1 aliphatic heterocycles. The third-order valence-electron chi connectivity index (χ3n) is 5.43. The second kappa shape index (κ2) is 11.0. The molecule has 1 heterocycles. The number of carbonyl (C=O) groups excluding carboxylic acids is 4. The summed E-state index contributed by atoms with van der Waals surface area (Å²) in [5.74, 6) is -1.39. The molecule has 1 saturated heterocycles. The average Bonchev–Trinajstić information content (AvgIpc) is 2.90. The summed E-state index contributed by atoms with van der Waals surface area (Å²) in [4.78, 5) is 50.6. The molecular formula is C27H21ClN2O7. The Morgan fingerprint density at radius 2 is 1.73 bits per heavy atom. The van der Waals surface area contributed by atoms with Crippen LogP contribution in [-0.2, 0) is 20.9 Å². The second-order valence-corrected chi connectivity index (χ2v) is 8.26. The van der Waals surface area contributed by atoms with Gasteiger partial charge in [0.2, 0.25) is 0 Å². The fourth-order valence-electron chi connectivity index (χ4n) is 3.60. The minimum Gasteiger partial charge on any atom is -0.493 e. The standard InChI is InChI=1S/C27H21ClN2O7/c1-35-23-14-16(6-11-22(23)37-15-17-4-3-5-19(28)12-17)13-21-24(31)29-27(34)30(25(21)32)20-9-7-18(8-10-20)26(33)36-2/h3-14H,15H2,1-2H3,(H,29,31,34)/b21-13+. The number of anilines is 1. The Hall–Kier alpha value is -4.63. The van der Waals surface area contributed by atoms with E-state index >= 15 is 0 Å². The summed E-state index contributed by atoms with van der Waals surface area (Å²) in [5, 5.41) is 2.76. The molecule has 0 aliphatic carbocycles. The van der Waals surface area contributed by atoms with Crippen LogP contribution in [0.5, 0.6) is 11.5 Å². The van der Waals surface area contributed by atoms with Gasteiger partial charge < -0.3 is 14.2 Å². The van der Waals surface area contributed by atoms with E-state index in [0.717, 1.165) is 10.5 Å². The highest BCUT2D eigenvalue weighted by Crippen LogP contribution is 2.31. The number of barbiturate groups is 1. The molecule has 4 rings (SSSR count). The minimum absolute atomic E-state index is 0.177. The molecule has 1 aliphatic rings. The molecule has 0 spiro atoms. The van der Waals surface area contributed by atoms with Crippen LogP contribution >= 0.6 is 11.6 Å². The first-order valence-electron chi connectivity index (χ1n) is 11.0. The Kier molecular flexibility index (Phi) is 7.55. The van der Waals surface area contributed by atoms with E-state index in [0.29, 0.717) is 22.1 Å². The molecule has 10 heteroatoms. The molecule has 0 unspecified atom stereocenters. The number of hydrogen-bond donors (Lipinski definition) is 1. The van der Waals surface area contributed by atoms with E-state index in [-0.39, 0.29) is 23.4 Å². The van der Waals surface area contributed by atoms with Crippen molar-refractivity contribution in [3.63, 3.8) is 0 Å². The SMILES string of the molecule is COC(=O)c1ccc(N2C(=O)NC(=O)/C(=C\c3ccc(OCc4cccc(Cl)c4)c(OC)c3)C2=O)cc1. The number of amides is 4. The molecule has 4 amide bonds. The molecule has 3 aromatic rings. The quantitative estimate of drug-likeness (QED) is 0.279. The van der Waals surface area contributed by atoms with Crippen LogP contribution in [0.3, 0.4) is 0 Å². The van der Waals surface area contributed by atoms with Crippen LogP contribution in [0.2, 0.25) is 5.02 Å². The molecular weight excluding hydrogens is 500 g/mol. The number of methoxy groups -OCH3 is 2. The first kappa shape index (κ1) is 25.5. The Bertz CT molecular complexity index is 1420. The van der Waals surface area contributed by atoms with Crippen molar-refractivity contribution in [1.29, 1.82) is 0 Å². The van der Waals surface area contributed by atoms with Gasteiger partial charge in [-0.25, -0.2) is 14.5 Å².